The molecule has 0 saturated carbocycles. The van der Waals surface area contributed by atoms with Crippen LogP contribution in [0.25, 0.3) is 0 Å². The number of hydrogen-bond donors (Lipinski definition) is 3. The summed E-state index contributed by atoms with van der Waals surface area (Å²) in [5, 5.41) is 11.3. The molecular weight excluding hydrogens is 196 g/mol. The fourth-order valence-electron chi connectivity index (χ4n) is 1.21. The number of aromatic carboxylic acids is 1. The Morgan fingerprint density at radius 2 is 2.00 bits per heavy atom. The van der Waals surface area contributed by atoms with Gasteiger partial charge in [-0.05, 0) is 19.1 Å². The second-order valence-electron chi connectivity index (χ2n) is 2.93. The van der Waals surface area contributed by atoms with Crippen LogP contribution < -0.4 is 11.1 Å². The molecule has 4 N–H and O–H groups in total. The number of rotatable bonds is 3. The van der Waals surface area contributed by atoms with E-state index in [1.54, 1.807) is 6.92 Å². The average molecular weight is 208 g/mol. The smallest absolute Gasteiger partial charge is 0.337 e. The van der Waals surface area contributed by atoms with Crippen LogP contribution in [-0.4, -0.2) is 23.5 Å². The third-order valence-electron chi connectivity index (χ3n) is 1.92. The maximum atomic E-state index is 11.5. The molecule has 1 rings (SSSR count). The van der Waals surface area contributed by atoms with Crippen LogP contribution in [0.5, 0.6) is 0 Å². The molecule has 1 aromatic carbocycles. The summed E-state index contributed by atoms with van der Waals surface area (Å²) in [6, 6.07) is 4.34. The molecule has 0 atom stereocenters. The number of para-hydroxylation sites is 1. The topological polar surface area (TPSA) is 92.4 Å². The molecule has 0 aliphatic carbocycles. The van der Waals surface area contributed by atoms with E-state index >= 15 is 0 Å². The number of carbonyl (C=O) groups excluding carboxylic acids is 1. The maximum absolute atomic E-state index is 11.5. The lowest BCUT2D eigenvalue weighted by Crippen LogP contribution is -2.24. The first-order valence-electron chi connectivity index (χ1n) is 4.48. The SMILES string of the molecule is CCNC(=O)c1cccc(C(=O)O)c1N. The second kappa shape index (κ2) is 4.45. The Kier molecular flexibility index (Phi) is 3.28. The summed E-state index contributed by atoms with van der Waals surface area (Å²) >= 11 is 0. The molecule has 0 spiro atoms. The minimum absolute atomic E-state index is 0.00375. The third-order valence-corrected chi connectivity index (χ3v) is 1.92. The van der Waals surface area contributed by atoms with Crippen LogP contribution in [0.3, 0.4) is 0 Å². The predicted octanol–water partition coefficient (Wildman–Crippen LogP) is 0.717. The van der Waals surface area contributed by atoms with Gasteiger partial charge in [0.2, 0.25) is 0 Å². The molecule has 15 heavy (non-hydrogen) atoms. The van der Waals surface area contributed by atoms with E-state index in [0.717, 1.165) is 0 Å². The highest BCUT2D eigenvalue weighted by molar-refractivity contribution is 6.05. The molecule has 0 bridgehead atoms. The van der Waals surface area contributed by atoms with Crippen molar-refractivity contribution in [2.75, 3.05) is 12.3 Å². The summed E-state index contributed by atoms with van der Waals surface area (Å²) in [7, 11) is 0. The highest BCUT2D eigenvalue weighted by Gasteiger charge is 2.15. The highest BCUT2D eigenvalue weighted by Crippen LogP contribution is 2.17. The van der Waals surface area contributed by atoms with Gasteiger partial charge in [0.15, 0.2) is 0 Å². The van der Waals surface area contributed by atoms with Crippen LogP contribution in [-0.2, 0) is 0 Å². The number of carbonyl (C=O) groups is 2. The van der Waals surface area contributed by atoms with E-state index in [4.69, 9.17) is 10.8 Å². The summed E-state index contributed by atoms with van der Waals surface area (Å²) in [5.41, 5.74) is 5.70. The van der Waals surface area contributed by atoms with Gasteiger partial charge in [-0.3, -0.25) is 4.79 Å². The Hall–Kier alpha value is -2.04. The zero-order valence-electron chi connectivity index (χ0n) is 8.28. The quantitative estimate of drug-likeness (QED) is 0.638. The third kappa shape index (κ3) is 2.25. The normalized spacial score (nSPS) is 9.67. The second-order valence-corrected chi connectivity index (χ2v) is 2.93. The fourth-order valence-corrected chi connectivity index (χ4v) is 1.21. The number of hydrogen-bond acceptors (Lipinski definition) is 3. The van der Waals surface area contributed by atoms with Gasteiger partial charge in [0.1, 0.15) is 0 Å². The van der Waals surface area contributed by atoms with Crippen LogP contribution in [0.1, 0.15) is 27.6 Å². The van der Waals surface area contributed by atoms with Crippen LogP contribution in [0, 0.1) is 0 Å². The van der Waals surface area contributed by atoms with Crippen molar-refractivity contribution in [3.63, 3.8) is 0 Å². The van der Waals surface area contributed by atoms with Crippen molar-refractivity contribution in [1.82, 2.24) is 5.32 Å². The van der Waals surface area contributed by atoms with Gasteiger partial charge >= 0.3 is 5.97 Å². The van der Waals surface area contributed by atoms with Crippen LogP contribution >= 0.6 is 0 Å². The summed E-state index contributed by atoms with van der Waals surface area (Å²) in [6.45, 7) is 2.24. The van der Waals surface area contributed by atoms with E-state index in [0.29, 0.717) is 6.54 Å². The van der Waals surface area contributed by atoms with Crippen molar-refractivity contribution in [2.24, 2.45) is 0 Å². The number of anilines is 1. The fraction of sp³-hybridized carbons (Fsp3) is 0.200. The van der Waals surface area contributed by atoms with Crippen molar-refractivity contribution < 1.29 is 14.7 Å². The molecule has 0 aliphatic rings. The van der Waals surface area contributed by atoms with Gasteiger partial charge in [-0.1, -0.05) is 6.07 Å². The van der Waals surface area contributed by atoms with Crippen molar-refractivity contribution in [1.29, 1.82) is 0 Å². The number of carboxylic acids is 1. The van der Waals surface area contributed by atoms with Crippen LogP contribution in [0.2, 0.25) is 0 Å². The Morgan fingerprint density at radius 3 is 2.53 bits per heavy atom. The minimum Gasteiger partial charge on any atom is -0.478 e. The van der Waals surface area contributed by atoms with Gasteiger partial charge in [0.05, 0.1) is 16.8 Å². The van der Waals surface area contributed by atoms with Gasteiger partial charge in [-0.25, -0.2) is 4.79 Å². The molecule has 0 fully saturated rings. The first-order valence-corrected chi connectivity index (χ1v) is 4.48. The van der Waals surface area contributed by atoms with E-state index in [9.17, 15) is 9.59 Å². The lowest BCUT2D eigenvalue weighted by Gasteiger charge is -2.07. The van der Waals surface area contributed by atoms with Crippen LogP contribution in [0.15, 0.2) is 18.2 Å². The number of amides is 1. The predicted molar refractivity (Wildman–Crippen MR) is 55.8 cm³/mol. The molecule has 5 heteroatoms. The first kappa shape index (κ1) is 11.0. The van der Waals surface area contributed by atoms with E-state index in [1.165, 1.54) is 18.2 Å². The van der Waals surface area contributed by atoms with E-state index in [2.05, 4.69) is 5.32 Å². The lowest BCUT2D eigenvalue weighted by molar-refractivity contribution is 0.0698. The van der Waals surface area contributed by atoms with Crippen molar-refractivity contribution >= 4 is 17.6 Å². The van der Waals surface area contributed by atoms with Crippen molar-refractivity contribution in [3.8, 4) is 0 Å². The minimum atomic E-state index is -1.14. The van der Waals surface area contributed by atoms with E-state index < -0.39 is 5.97 Å². The summed E-state index contributed by atoms with van der Waals surface area (Å²) < 4.78 is 0. The summed E-state index contributed by atoms with van der Waals surface area (Å²) in [6.07, 6.45) is 0. The maximum Gasteiger partial charge on any atom is 0.337 e. The van der Waals surface area contributed by atoms with Crippen molar-refractivity contribution in [3.05, 3.63) is 29.3 Å². The van der Waals surface area contributed by atoms with Gasteiger partial charge in [0, 0.05) is 6.54 Å². The number of carboxylic acid groups (broad SMARTS) is 1. The Balaban J connectivity index is 3.15. The lowest BCUT2D eigenvalue weighted by atomic mass is 10.1. The summed E-state index contributed by atoms with van der Waals surface area (Å²) in [5.74, 6) is -1.50. The molecule has 5 nitrogen and oxygen atoms in total. The molecular formula is C10H12N2O3. The van der Waals surface area contributed by atoms with E-state index in [-0.39, 0.29) is 22.7 Å². The number of nitrogens with one attached hydrogen (secondary N) is 1. The standard InChI is InChI=1S/C10H12N2O3/c1-2-12-9(13)6-4-3-5-7(8(6)11)10(14)15/h3-5H,2,11H2,1H3,(H,12,13)(H,14,15). The zero-order valence-corrected chi connectivity index (χ0v) is 8.28. The summed E-state index contributed by atoms with van der Waals surface area (Å²) in [4.78, 5) is 22.2. The Labute approximate surface area is 86.9 Å². The molecule has 0 unspecified atom stereocenters. The molecule has 1 amide bonds. The van der Waals surface area contributed by atoms with E-state index in [1.807, 2.05) is 0 Å². The Morgan fingerprint density at radius 1 is 1.40 bits per heavy atom. The van der Waals surface area contributed by atoms with Gasteiger partial charge in [-0.15, -0.1) is 0 Å². The monoisotopic (exact) mass is 208 g/mol. The molecule has 1 aromatic rings. The molecule has 0 aliphatic heterocycles. The van der Waals surface area contributed by atoms with Gasteiger partial charge < -0.3 is 16.2 Å². The van der Waals surface area contributed by atoms with Crippen molar-refractivity contribution in [2.45, 2.75) is 6.92 Å². The first-order chi connectivity index (χ1) is 7.07. The zero-order chi connectivity index (χ0) is 11.4. The molecule has 80 valence electrons. The Bertz CT molecular complexity index is 402. The van der Waals surface area contributed by atoms with Gasteiger partial charge in [0.25, 0.3) is 5.91 Å². The molecule has 0 heterocycles. The van der Waals surface area contributed by atoms with Crippen LogP contribution in [0.4, 0.5) is 5.69 Å². The number of benzene rings is 1. The highest BCUT2D eigenvalue weighted by atomic mass is 16.4. The molecule has 0 aromatic heterocycles. The molecule has 0 radical (unpaired) electrons. The largest absolute Gasteiger partial charge is 0.478 e. The molecule has 0 saturated heterocycles. The number of nitrogen functional groups attached to an aromatic ring is 1. The average Bonchev–Trinajstić information content (AvgIpc) is 2.17. The number of nitrogens with two attached hydrogens (primary N) is 1. The van der Waals surface area contributed by atoms with Gasteiger partial charge in [-0.2, -0.15) is 0 Å².